The number of phenols is 1. The molecule has 0 aromatic heterocycles. The number of anilines is 1. The zero-order chi connectivity index (χ0) is 16.4. The molecule has 0 aliphatic carbocycles. The van der Waals surface area contributed by atoms with Crippen LogP contribution in [0.15, 0.2) is 36.0 Å². The molecule has 0 aliphatic rings. The van der Waals surface area contributed by atoms with E-state index < -0.39 is 5.91 Å². The highest BCUT2D eigenvalue weighted by atomic mass is 16.5. The molecule has 0 saturated carbocycles. The fourth-order valence-corrected chi connectivity index (χ4v) is 1.60. The van der Waals surface area contributed by atoms with Crippen molar-refractivity contribution in [2.24, 2.45) is 0 Å². The predicted octanol–water partition coefficient (Wildman–Crippen LogP) is 2.14. The molecule has 0 unspecified atom stereocenters. The molecule has 0 saturated heterocycles. The van der Waals surface area contributed by atoms with Crippen LogP contribution < -0.4 is 10.6 Å². The fourth-order valence-electron chi connectivity index (χ4n) is 1.60. The zero-order valence-electron chi connectivity index (χ0n) is 12.8. The highest BCUT2D eigenvalue weighted by Gasteiger charge is 2.09. The Kier molecular flexibility index (Phi) is 7.51. The maximum absolute atomic E-state index is 11.9. The number of rotatable bonds is 8. The molecule has 0 atom stereocenters. The lowest BCUT2D eigenvalue weighted by Gasteiger charge is -2.07. The van der Waals surface area contributed by atoms with Crippen LogP contribution in [0.2, 0.25) is 0 Å². The molecule has 3 N–H and O–H groups in total. The number of hydrogen-bond donors (Lipinski definition) is 3. The Labute approximate surface area is 130 Å². The minimum absolute atomic E-state index is 0.0341. The average Bonchev–Trinajstić information content (AvgIpc) is 2.46. The normalized spacial score (nSPS) is 11.1. The number of hydrogen-bond acceptors (Lipinski definition) is 5. The van der Waals surface area contributed by atoms with Crippen LogP contribution in [0.1, 0.15) is 20.3 Å². The van der Waals surface area contributed by atoms with E-state index in [1.165, 1.54) is 18.3 Å². The molecule has 0 spiro atoms. The molecular formula is C16H21N3O3. The van der Waals surface area contributed by atoms with Crippen molar-refractivity contribution in [3.8, 4) is 11.8 Å². The molecule has 0 radical (unpaired) electrons. The van der Waals surface area contributed by atoms with E-state index in [0.717, 1.165) is 6.42 Å². The molecular weight excluding hydrogens is 282 g/mol. The van der Waals surface area contributed by atoms with E-state index in [-0.39, 0.29) is 17.4 Å². The maximum Gasteiger partial charge on any atom is 0.267 e. The van der Waals surface area contributed by atoms with E-state index in [1.54, 1.807) is 12.1 Å². The van der Waals surface area contributed by atoms with Gasteiger partial charge in [-0.05, 0) is 32.4 Å². The molecule has 118 valence electrons. The predicted molar refractivity (Wildman–Crippen MR) is 84.1 cm³/mol. The standard InChI is InChI=1S/C16H21N3O3/c1-12(2)22-8-4-7-18-11-13(10-17)16(21)19-14-5-3-6-15(20)9-14/h3,5-6,9,11-12,18,20H,4,7-8H2,1-2H3,(H,19,21)/b13-11-. The summed E-state index contributed by atoms with van der Waals surface area (Å²) in [6.45, 7) is 5.16. The largest absolute Gasteiger partial charge is 0.508 e. The zero-order valence-corrected chi connectivity index (χ0v) is 12.8. The van der Waals surface area contributed by atoms with Gasteiger partial charge in [0, 0.05) is 31.1 Å². The van der Waals surface area contributed by atoms with Crippen molar-refractivity contribution >= 4 is 11.6 Å². The van der Waals surface area contributed by atoms with Crippen molar-refractivity contribution in [1.82, 2.24) is 5.32 Å². The monoisotopic (exact) mass is 303 g/mol. The molecule has 0 fully saturated rings. The van der Waals surface area contributed by atoms with Gasteiger partial charge in [0.05, 0.1) is 6.10 Å². The van der Waals surface area contributed by atoms with E-state index in [2.05, 4.69) is 10.6 Å². The van der Waals surface area contributed by atoms with E-state index >= 15 is 0 Å². The Morgan fingerprint density at radius 3 is 2.91 bits per heavy atom. The first-order chi connectivity index (χ1) is 10.5. The van der Waals surface area contributed by atoms with Crippen molar-refractivity contribution in [3.05, 3.63) is 36.0 Å². The van der Waals surface area contributed by atoms with Crippen LogP contribution in [0.3, 0.4) is 0 Å². The summed E-state index contributed by atoms with van der Waals surface area (Å²) in [6.07, 6.45) is 2.35. The van der Waals surface area contributed by atoms with Crippen LogP contribution in [0.25, 0.3) is 0 Å². The summed E-state index contributed by atoms with van der Waals surface area (Å²) in [5.74, 6) is -0.484. The first-order valence-electron chi connectivity index (χ1n) is 7.08. The Morgan fingerprint density at radius 2 is 2.27 bits per heavy atom. The van der Waals surface area contributed by atoms with Gasteiger partial charge in [-0.15, -0.1) is 0 Å². The third-order valence-corrected chi connectivity index (χ3v) is 2.63. The Hall–Kier alpha value is -2.52. The highest BCUT2D eigenvalue weighted by molar-refractivity contribution is 6.06. The van der Waals surface area contributed by atoms with Crippen molar-refractivity contribution in [3.63, 3.8) is 0 Å². The minimum Gasteiger partial charge on any atom is -0.508 e. The number of nitrogens with one attached hydrogen (secondary N) is 2. The van der Waals surface area contributed by atoms with Gasteiger partial charge in [-0.1, -0.05) is 6.07 Å². The van der Waals surface area contributed by atoms with Crippen molar-refractivity contribution in [2.45, 2.75) is 26.4 Å². The molecule has 1 aromatic rings. The van der Waals surface area contributed by atoms with Crippen LogP contribution >= 0.6 is 0 Å². The number of amides is 1. The number of nitriles is 1. The van der Waals surface area contributed by atoms with Gasteiger partial charge in [0.1, 0.15) is 17.4 Å². The number of phenolic OH excluding ortho intramolecular Hbond substituents is 1. The summed E-state index contributed by atoms with van der Waals surface area (Å²) in [7, 11) is 0. The van der Waals surface area contributed by atoms with E-state index in [9.17, 15) is 9.90 Å². The van der Waals surface area contributed by atoms with Crippen LogP contribution in [0, 0.1) is 11.3 Å². The topological polar surface area (TPSA) is 94.4 Å². The van der Waals surface area contributed by atoms with Gasteiger partial charge in [-0.2, -0.15) is 5.26 Å². The van der Waals surface area contributed by atoms with Crippen LogP contribution in [0.4, 0.5) is 5.69 Å². The third kappa shape index (κ3) is 6.77. The number of nitrogens with zero attached hydrogens (tertiary/aromatic N) is 1. The molecule has 0 heterocycles. The fraction of sp³-hybridized carbons (Fsp3) is 0.375. The lowest BCUT2D eigenvalue weighted by Crippen LogP contribution is -2.18. The average molecular weight is 303 g/mol. The van der Waals surface area contributed by atoms with Crippen molar-refractivity contribution < 1.29 is 14.6 Å². The van der Waals surface area contributed by atoms with Gasteiger partial charge < -0.3 is 20.5 Å². The second-order valence-corrected chi connectivity index (χ2v) is 4.90. The van der Waals surface area contributed by atoms with Gasteiger partial charge in [0.2, 0.25) is 0 Å². The molecule has 6 heteroatoms. The molecule has 1 rings (SSSR count). The summed E-state index contributed by atoms with van der Waals surface area (Å²) in [5.41, 5.74) is 0.393. The number of aromatic hydroxyl groups is 1. The van der Waals surface area contributed by atoms with Gasteiger partial charge in [-0.25, -0.2) is 0 Å². The summed E-state index contributed by atoms with van der Waals surface area (Å²) < 4.78 is 5.38. The minimum atomic E-state index is -0.529. The van der Waals surface area contributed by atoms with Gasteiger partial charge in [-0.3, -0.25) is 4.79 Å². The van der Waals surface area contributed by atoms with Crippen LogP contribution in [0.5, 0.6) is 5.75 Å². The van der Waals surface area contributed by atoms with Crippen LogP contribution in [-0.2, 0) is 9.53 Å². The summed E-state index contributed by atoms with van der Waals surface area (Å²) in [5, 5.41) is 23.8. The van der Waals surface area contributed by atoms with E-state index in [0.29, 0.717) is 18.8 Å². The number of carbonyl (C=O) groups excluding carboxylic acids is 1. The second-order valence-electron chi connectivity index (χ2n) is 4.90. The second kappa shape index (κ2) is 9.42. The molecule has 22 heavy (non-hydrogen) atoms. The Bertz CT molecular complexity index is 562. The first kappa shape index (κ1) is 17.5. The van der Waals surface area contributed by atoms with Crippen molar-refractivity contribution in [1.29, 1.82) is 5.26 Å². The summed E-state index contributed by atoms with van der Waals surface area (Å²) in [4.78, 5) is 11.9. The Balaban J connectivity index is 2.44. The quantitative estimate of drug-likeness (QED) is 0.388. The molecule has 1 aromatic carbocycles. The maximum atomic E-state index is 11.9. The number of ether oxygens (including phenoxy) is 1. The summed E-state index contributed by atoms with van der Waals surface area (Å²) in [6, 6.07) is 7.98. The van der Waals surface area contributed by atoms with Crippen molar-refractivity contribution in [2.75, 3.05) is 18.5 Å². The summed E-state index contributed by atoms with van der Waals surface area (Å²) >= 11 is 0. The molecule has 6 nitrogen and oxygen atoms in total. The lowest BCUT2D eigenvalue weighted by molar-refractivity contribution is -0.112. The number of benzene rings is 1. The van der Waals surface area contributed by atoms with Gasteiger partial charge in [0.25, 0.3) is 5.91 Å². The lowest BCUT2D eigenvalue weighted by atomic mass is 10.2. The first-order valence-corrected chi connectivity index (χ1v) is 7.08. The van der Waals surface area contributed by atoms with Crippen LogP contribution in [-0.4, -0.2) is 30.3 Å². The molecule has 1 amide bonds. The molecule has 0 bridgehead atoms. The Morgan fingerprint density at radius 1 is 1.50 bits per heavy atom. The van der Waals surface area contributed by atoms with E-state index in [4.69, 9.17) is 10.00 Å². The SMILES string of the molecule is CC(C)OCCCN/C=C(/C#N)C(=O)Nc1cccc(O)c1. The van der Waals surface area contributed by atoms with Gasteiger partial charge >= 0.3 is 0 Å². The third-order valence-electron chi connectivity index (χ3n) is 2.63. The smallest absolute Gasteiger partial charge is 0.267 e. The highest BCUT2D eigenvalue weighted by Crippen LogP contribution is 2.15. The molecule has 0 aliphatic heterocycles. The number of carbonyl (C=O) groups is 1. The van der Waals surface area contributed by atoms with Gasteiger partial charge in [0.15, 0.2) is 0 Å². The van der Waals surface area contributed by atoms with E-state index in [1.807, 2.05) is 19.9 Å².